The molecule has 0 radical (unpaired) electrons. The first kappa shape index (κ1) is 9.43. The summed E-state index contributed by atoms with van der Waals surface area (Å²) in [5.74, 6) is 0.942. The van der Waals surface area contributed by atoms with E-state index in [1.807, 2.05) is 17.7 Å². The van der Waals surface area contributed by atoms with Crippen molar-refractivity contribution in [2.75, 3.05) is 6.54 Å². The van der Waals surface area contributed by atoms with Crippen molar-refractivity contribution in [3.8, 4) is 0 Å². The number of nitrogens with zero attached hydrogens (tertiary/aromatic N) is 3. The summed E-state index contributed by atoms with van der Waals surface area (Å²) in [7, 11) is 1.93. The number of fused-ring (bicyclic) bond motifs is 1. The van der Waals surface area contributed by atoms with Crippen molar-refractivity contribution in [2.24, 2.45) is 12.8 Å². The number of imidazole rings is 1. The van der Waals surface area contributed by atoms with Gasteiger partial charge in [0.05, 0.1) is 5.02 Å². The Hall–Kier alpha value is -1.13. The normalized spacial score (nSPS) is 11.1. The number of aryl methyl sites for hydroxylation is 1. The second-order valence-electron chi connectivity index (χ2n) is 3.12. The van der Waals surface area contributed by atoms with E-state index in [4.69, 9.17) is 17.3 Å². The molecule has 2 heterocycles. The van der Waals surface area contributed by atoms with Gasteiger partial charge in [0.2, 0.25) is 0 Å². The molecule has 0 aliphatic heterocycles. The average molecular weight is 211 g/mol. The smallest absolute Gasteiger partial charge is 0.159 e. The summed E-state index contributed by atoms with van der Waals surface area (Å²) in [5.41, 5.74) is 7.15. The van der Waals surface area contributed by atoms with E-state index in [9.17, 15) is 0 Å². The largest absolute Gasteiger partial charge is 0.330 e. The van der Waals surface area contributed by atoms with Gasteiger partial charge >= 0.3 is 0 Å². The van der Waals surface area contributed by atoms with E-state index in [-0.39, 0.29) is 0 Å². The summed E-state index contributed by atoms with van der Waals surface area (Å²) in [4.78, 5) is 8.61. The molecule has 0 aromatic carbocycles. The van der Waals surface area contributed by atoms with Crippen LogP contribution in [-0.4, -0.2) is 21.1 Å². The Morgan fingerprint density at radius 3 is 3.07 bits per heavy atom. The van der Waals surface area contributed by atoms with Crippen molar-refractivity contribution >= 4 is 22.8 Å². The Morgan fingerprint density at radius 2 is 2.36 bits per heavy atom. The highest BCUT2D eigenvalue weighted by molar-refractivity contribution is 6.31. The maximum Gasteiger partial charge on any atom is 0.159 e. The van der Waals surface area contributed by atoms with Crippen molar-refractivity contribution in [3.63, 3.8) is 0 Å². The summed E-state index contributed by atoms with van der Waals surface area (Å²) >= 11 is 5.82. The van der Waals surface area contributed by atoms with Crippen LogP contribution < -0.4 is 5.73 Å². The molecule has 0 aliphatic rings. The van der Waals surface area contributed by atoms with Crippen LogP contribution in [0.1, 0.15) is 5.82 Å². The lowest BCUT2D eigenvalue weighted by Gasteiger charge is -1.98. The van der Waals surface area contributed by atoms with Gasteiger partial charge in [-0.05, 0) is 12.6 Å². The second-order valence-corrected chi connectivity index (χ2v) is 3.56. The van der Waals surface area contributed by atoms with Crippen molar-refractivity contribution in [1.29, 1.82) is 0 Å². The Bertz CT molecular complexity index is 463. The van der Waals surface area contributed by atoms with E-state index < -0.39 is 0 Å². The van der Waals surface area contributed by atoms with Gasteiger partial charge in [-0.1, -0.05) is 11.6 Å². The van der Waals surface area contributed by atoms with E-state index in [1.165, 1.54) is 0 Å². The van der Waals surface area contributed by atoms with Crippen molar-refractivity contribution < 1.29 is 0 Å². The van der Waals surface area contributed by atoms with E-state index >= 15 is 0 Å². The molecule has 0 aliphatic carbocycles. The van der Waals surface area contributed by atoms with Crippen molar-refractivity contribution in [1.82, 2.24) is 14.5 Å². The van der Waals surface area contributed by atoms with Crippen LogP contribution in [0.2, 0.25) is 5.02 Å². The van der Waals surface area contributed by atoms with Gasteiger partial charge in [-0.2, -0.15) is 0 Å². The Morgan fingerprint density at radius 1 is 1.57 bits per heavy atom. The van der Waals surface area contributed by atoms with Crippen molar-refractivity contribution in [2.45, 2.75) is 6.42 Å². The predicted molar refractivity (Wildman–Crippen MR) is 56.3 cm³/mol. The molecule has 0 fully saturated rings. The number of hydrogen-bond donors (Lipinski definition) is 1. The third kappa shape index (κ3) is 1.47. The number of hydrogen-bond acceptors (Lipinski definition) is 3. The summed E-state index contributed by atoms with van der Waals surface area (Å²) in [6.07, 6.45) is 2.38. The zero-order valence-corrected chi connectivity index (χ0v) is 8.62. The summed E-state index contributed by atoms with van der Waals surface area (Å²) < 4.78 is 1.94. The summed E-state index contributed by atoms with van der Waals surface area (Å²) in [6, 6.07) is 1.81. The minimum Gasteiger partial charge on any atom is -0.330 e. The Kier molecular flexibility index (Phi) is 2.39. The SMILES string of the molecule is Cn1c(CCN)nc2cc(Cl)cnc21. The van der Waals surface area contributed by atoms with Crippen LogP contribution in [-0.2, 0) is 13.5 Å². The lowest BCUT2D eigenvalue weighted by Crippen LogP contribution is -2.07. The predicted octanol–water partition coefficient (Wildman–Crippen LogP) is 1.12. The van der Waals surface area contributed by atoms with Crippen LogP contribution in [0.4, 0.5) is 0 Å². The van der Waals surface area contributed by atoms with Gasteiger partial charge in [0.15, 0.2) is 5.65 Å². The van der Waals surface area contributed by atoms with Crippen LogP contribution in [0.25, 0.3) is 11.2 Å². The molecule has 0 unspecified atom stereocenters. The van der Waals surface area contributed by atoms with Crippen LogP contribution in [0.5, 0.6) is 0 Å². The fourth-order valence-corrected chi connectivity index (χ4v) is 1.60. The molecule has 14 heavy (non-hydrogen) atoms. The highest BCUT2D eigenvalue weighted by Crippen LogP contribution is 2.16. The topological polar surface area (TPSA) is 56.7 Å². The first-order valence-electron chi connectivity index (χ1n) is 4.39. The number of rotatable bonds is 2. The molecule has 0 spiro atoms. The molecule has 2 N–H and O–H groups in total. The number of pyridine rings is 1. The fraction of sp³-hybridized carbons (Fsp3) is 0.333. The van der Waals surface area contributed by atoms with Gasteiger partial charge in [0.25, 0.3) is 0 Å². The molecule has 5 heteroatoms. The van der Waals surface area contributed by atoms with E-state index in [0.29, 0.717) is 11.6 Å². The molecule has 0 saturated carbocycles. The van der Waals surface area contributed by atoms with Gasteiger partial charge in [-0.15, -0.1) is 0 Å². The molecule has 0 saturated heterocycles. The molecule has 2 rings (SSSR count). The maximum absolute atomic E-state index is 5.82. The van der Waals surface area contributed by atoms with E-state index in [2.05, 4.69) is 9.97 Å². The van der Waals surface area contributed by atoms with E-state index in [1.54, 1.807) is 6.20 Å². The number of halogens is 1. The van der Waals surface area contributed by atoms with Crippen LogP contribution in [0.15, 0.2) is 12.3 Å². The molecular formula is C9H11ClN4. The van der Waals surface area contributed by atoms with Crippen LogP contribution in [0, 0.1) is 0 Å². The third-order valence-electron chi connectivity index (χ3n) is 2.14. The van der Waals surface area contributed by atoms with E-state index in [0.717, 1.165) is 23.4 Å². The Balaban J connectivity index is 2.61. The zero-order chi connectivity index (χ0) is 10.1. The molecule has 0 atom stereocenters. The van der Waals surface area contributed by atoms with Crippen LogP contribution >= 0.6 is 11.6 Å². The lowest BCUT2D eigenvalue weighted by atomic mass is 10.4. The molecular weight excluding hydrogens is 200 g/mol. The molecule has 2 aromatic heterocycles. The van der Waals surface area contributed by atoms with Gasteiger partial charge in [-0.25, -0.2) is 9.97 Å². The highest BCUT2D eigenvalue weighted by Gasteiger charge is 2.07. The standard InChI is InChI=1S/C9H11ClN4/c1-14-8(2-3-11)13-7-4-6(10)5-12-9(7)14/h4-5H,2-3,11H2,1H3. The quantitative estimate of drug-likeness (QED) is 0.808. The van der Waals surface area contributed by atoms with Crippen LogP contribution in [0.3, 0.4) is 0 Å². The lowest BCUT2D eigenvalue weighted by molar-refractivity contribution is 0.788. The summed E-state index contributed by atoms with van der Waals surface area (Å²) in [5, 5.41) is 0.606. The maximum atomic E-state index is 5.82. The molecule has 4 nitrogen and oxygen atoms in total. The molecule has 2 aromatic rings. The van der Waals surface area contributed by atoms with Gasteiger partial charge in [0.1, 0.15) is 11.3 Å². The molecule has 0 amide bonds. The second kappa shape index (κ2) is 3.55. The minimum absolute atomic E-state index is 0.588. The average Bonchev–Trinajstić information content (AvgIpc) is 2.44. The number of aromatic nitrogens is 3. The minimum atomic E-state index is 0.588. The summed E-state index contributed by atoms with van der Waals surface area (Å²) in [6.45, 7) is 0.588. The molecule has 0 bridgehead atoms. The van der Waals surface area contributed by atoms with Gasteiger partial charge in [-0.3, -0.25) is 0 Å². The zero-order valence-electron chi connectivity index (χ0n) is 7.87. The number of nitrogens with two attached hydrogens (primary N) is 1. The first-order valence-corrected chi connectivity index (χ1v) is 4.77. The fourth-order valence-electron chi connectivity index (χ4n) is 1.45. The Labute approximate surface area is 86.7 Å². The van der Waals surface area contributed by atoms with Gasteiger partial charge in [0, 0.05) is 19.7 Å². The molecule has 74 valence electrons. The third-order valence-corrected chi connectivity index (χ3v) is 2.34. The highest BCUT2D eigenvalue weighted by atomic mass is 35.5. The monoisotopic (exact) mass is 210 g/mol. The van der Waals surface area contributed by atoms with Crippen molar-refractivity contribution in [3.05, 3.63) is 23.1 Å². The van der Waals surface area contributed by atoms with Gasteiger partial charge < -0.3 is 10.3 Å². The first-order chi connectivity index (χ1) is 6.72.